The number of halogens is 3. The van der Waals surface area contributed by atoms with Gasteiger partial charge in [-0.15, -0.1) is 13.2 Å². The van der Waals surface area contributed by atoms with E-state index >= 15 is 0 Å². The van der Waals surface area contributed by atoms with Gasteiger partial charge in [-0.25, -0.2) is 0 Å². The molecule has 2 aromatic rings. The van der Waals surface area contributed by atoms with E-state index in [-0.39, 0.29) is 11.7 Å². The maximum atomic E-state index is 13.4. The number of hydrogen-bond donors (Lipinski definition) is 0. The van der Waals surface area contributed by atoms with Crippen LogP contribution in [0.3, 0.4) is 0 Å². The fourth-order valence-electron chi connectivity index (χ4n) is 5.05. The minimum atomic E-state index is -4.75. The molecule has 2 aromatic carbocycles. The number of benzene rings is 2. The summed E-state index contributed by atoms with van der Waals surface area (Å²) in [6.45, 7) is 7.57. The van der Waals surface area contributed by atoms with Crippen LogP contribution in [0.4, 0.5) is 13.2 Å². The van der Waals surface area contributed by atoms with E-state index in [1.807, 2.05) is 30.9 Å². The third-order valence-electron chi connectivity index (χ3n) is 6.67. The molecule has 4 rings (SSSR count). The molecule has 2 saturated heterocycles. The summed E-state index contributed by atoms with van der Waals surface area (Å²) in [6.07, 6.45) is -0.247. The number of aryl methyl sites for hydroxylation is 1. The number of amides is 1. The number of piperidine rings is 1. The molecule has 1 amide bonds. The van der Waals surface area contributed by atoms with Gasteiger partial charge < -0.3 is 14.5 Å². The van der Waals surface area contributed by atoms with Crippen LogP contribution in [-0.4, -0.2) is 54.3 Å². The first-order valence-electron chi connectivity index (χ1n) is 11.2. The highest BCUT2D eigenvalue weighted by Gasteiger charge is 2.32. The quantitative estimate of drug-likeness (QED) is 0.616. The third-order valence-corrected chi connectivity index (χ3v) is 6.67. The van der Waals surface area contributed by atoms with Crippen molar-refractivity contribution >= 4 is 5.91 Å². The van der Waals surface area contributed by atoms with E-state index in [9.17, 15) is 18.0 Å². The van der Waals surface area contributed by atoms with E-state index in [4.69, 9.17) is 0 Å². The van der Waals surface area contributed by atoms with Crippen LogP contribution in [-0.2, 0) is 0 Å². The second-order valence-electron chi connectivity index (χ2n) is 8.77. The predicted molar refractivity (Wildman–Crippen MR) is 118 cm³/mol. The van der Waals surface area contributed by atoms with Gasteiger partial charge in [0, 0.05) is 24.7 Å². The third kappa shape index (κ3) is 4.93. The second-order valence-corrected chi connectivity index (χ2v) is 8.77. The Morgan fingerprint density at radius 2 is 1.69 bits per heavy atom. The summed E-state index contributed by atoms with van der Waals surface area (Å²) in [5.74, 6) is -0.267. The molecular formula is C25H29F3N2O2. The monoisotopic (exact) mass is 446 g/mol. The molecule has 0 N–H and O–H groups in total. The molecule has 0 aliphatic carbocycles. The maximum Gasteiger partial charge on any atom is 0.573 e. The van der Waals surface area contributed by atoms with Gasteiger partial charge in [0.15, 0.2) is 0 Å². The second kappa shape index (κ2) is 9.14. The van der Waals surface area contributed by atoms with E-state index in [1.54, 1.807) is 6.07 Å². The number of hydrogen-bond acceptors (Lipinski definition) is 3. The van der Waals surface area contributed by atoms with Gasteiger partial charge in [0.2, 0.25) is 0 Å². The molecule has 4 nitrogen and oxygen atoms in total. The molecule has 2 heterocycles. The Labute approximate surface area is 187 Å². The van der Waals surface area contributed by atoms with Crippen molar-refractivity contribution in [1.29, 1.82) is 0 Å². The maximum absolute atomic E-state index is 13.4. The van der Waals surface area contributed by atoms with E-state index in [0.717, 1.165) is 55.7 Å². The molecule has 0 radical (unpaired) electrons. The zero-order valence-electron chi connectivity index (χ0n) is 18.5. The van der Waals surface area contributed by atoms with Crippen LogP contribution < -0.4 is 4.74 Å². The summed E-state index contributed by atoms with van der Waals surface area (Å²) in [7, 11) is 0. The lowest BCUT2D eigenvalue weighted by atomic mass is 9.92. The van der Waals surface area contributed by atoms with Crippen molar-refractivity contribution in [3.8, 4) is 16.9 Å². The molecule has 0 atom stereocenters. The van der Waals surface area contributed by atoms with Gasteiger partial charge in [-0.2, -0.15) is 0 Å². The predicted octanol–water partition coefficient (Wildman–Crippen LogP) is 5.57. The largest absolute Gasteiger partial charge is 0.573 e. The highest BCUT2D eigenvalue weighted by atomic mass is 19.4. The number of ether oxygens (including phenoxy) is 1. The highest BCUT2D eigenvalue weighted by Crippen LogP contribution is 2.33. The van der Waals surface area contributed by atoms with Gasteiger partial charge in [0.1, 0.15) is 5.75 Å². The number of carbonyl (C=O) groups excluding carboxylic acids is 1. The lowest BCUT2D eigenvalue weighted by Crippen LogP contribution is -2.46. The SMILES string of the molecule is Cc1ccc(-c2cccc(OC(F)(F)F)c2)c(C)c1C(=O)N1CCC(N2CCCC2)CC1. The van der Waals surface area contributed by atoms with Crippen LogP contribution in [0.5, 0.6) is 5.75 Å². The van der Waals surface area contributed by atoms with Crippen molar-refractivity contribution < 1.29 is 22.7 Å². The standard InChI is InChI=1S/C25H29F3N2O2/c1-17-8-9-22(19-6-5-7-21(16-19)32-25(26,27)28)18(2)23(17)24(31)30-14-10-20(11-15-30)29-12-3-4-13-29/h5-9,16,20H,3-4,10-15H2,1-2H3. The van der Waals surface area contributed by atoms with Crippen LogP contribution in [0.2, 0.25) is 0 Å². The van der Waals surface area contributed by atoms with E-state index < -0.39 is 6.36 Å². The Kier molecular flexibility index (Phi) is 6.47. The van der Waals surface area contributed by atoms with Crippen molar-refractivity contribution in [1.82, 2.24) is 9.80 Å². The number of rotatable bonds is 4. The highest BCUT2D eigenvalue weighted by molar-refractivity contribution is 5.99. The van der Waals surface area contributed by atoms with Crippen molar-refractivity contribution in [3.05, 3.63) is 53.1 Å². The Morgan fingerprint density at radius 3 is 2.34 bits per heavy atom. The van der Waals surface area contributed by atoms with Crippen molar-refractivity contribution in [2.45, 2.75) is 51.9 Å². The molecule has 0 spiro atoms. The Bertz CT molecular complexity index is 976. The Hall–Kier alpha value is -2.54. The molecule has 0 unspecified atom stereocenters. The first-order valence-corrected chi connectivity index (χ1v) is 11.2. The summed E-state index contributed by atoms with van der Waals surface area (Å²) in [4.78, 5) is 17.9. The normalized spacial score (nSPS) is 18.2. The summed E-state index contributed by atoms with van der Waals surface area (Å²) in [5.41, 5.74) is 3.62. The molecule has 172 valence electrons. The average molecular weight is 447 g/mol. The zero-order valence-corrected chi connectivity index (χ0v) is 18.5. The van der Waals surface area contributed by atoms with Crippen molar-refractivity contribution in [2.24, 2.45) is 0 Å². The van der Waals surface area contributed by atoms with Gasteiger partial charge in [0.05, 0.1) is 0 Å². The van der Waals surface area contributed by atoms with Crippen LogP contribution in [0.1, 0.15) is 47.2 Å². The minimum Gasteiger partial charge on any atom is -0.406 e. The van der Waals surface area contributed by atoms with Gasteiger partial charge in [0.25, 0.3) is 5.91 Å². The first kappa shape index (κ1) is 22.6. The van der Waals surface area contributed by atoms with Crippen LogP contribution in [0.25, 0.3) is 11.1 Å². The van der Waals surface area contributed by atoms with Crippen LogP contribution >= 0.6 is 0 Å². The molecule has 7 heteroatoms. The molecule has 0 aromatic heterocycles. The molecule has 2 aliphatic rings. The van der Waals surface area contributed by atoms with Crippen molar-refractivity contribution in [3.63, 3.8) is 0 Å². The summed E-state index contributed by atoms with van der Waals surface area (Å²) in [5, 5.41) is 0. The molecule has 2 aliphatic heterocycles. The molecule has 32 heavy (non-hydrogen) atoms. The van der Waals surface area contributed by atoms with Gasteiger partial charge in [-0.05, 0) is 87.0 Å². The van der Waals surface area contributed by atoms with Crippen LogP contribution in [0, 0.1) is 13.8 Å². The lowest BCUT2D eigenvalue weighted by molar-refractivity contribution is -0.274. The first-order chi connectivity index (χ1) is 15.2. The Balaban J connectivity index is 1.55. The molecule has 0 bridgehead atoms. The van der Waals surface area contributed by atoms with Gasteiger partial charge in [-0.1, -0.05) is 24.3 Å². The lowest BCUT2D eigenvalue weighted by Gasteiger charge is -2.37. The van der Waals surface area contributed by atoms with Crippen LogP contribution in [0.15, 0.2) is 36.4 Å². The zero-order chi connectivity index (χ0) is 22.9. The molecular weight excluding hydrogens is 417 g/mol. The summed E-state index contributed by atoms with van der Waals surface area (Å²) in [6, 6.07) is 10.2. The number of likely N-dealkylation sites (tertiary alicyclic amines) is 2. The van der Waals surface area contributed by atoms with Gasteiger partial charge in [-0.3, -0.25) is 4.79 Å². The number of carbonyl (C=O) groups is 1. The van der Waals surface area contributed by atoms with E-state index in [0.29, 0.717) is 17.2 Å². The molecule has 0 saturated carbocycles. The van der Waals surface area contributed by atoms with E-state index in [2.05, 4.69) is 9.64 Å². The van der Waals surface area contributed by atoms with E-state index in [1.165, 1.54) is 31.0 Å². The summed E-state index contributed by atoms with van der Waals surface area (Å²) < 4.78 is 42.0. The minimum absolute atomic E-state index is 0.00409. The fraction of sp³-hybridized carbons (Fsp3) is 0.480. The average Bonchev–Trinajstić information content (AvgIpc) is 3.28. The number of nitrogens with zero attached hydrogens (tertiary/aromatic N) is 2. The number of alkyl halides is 3. The van der Waals surface area contributed by atoms with Crippen molar-refractivity contribution in [2.75, 3.05) is 26.2 Å². The Morgan fingerprint density at radius 1 is 1.00 bits per heavy atom. The summed E-state index contributed by atoms with van der Waals surface area (Å²) >= 11 is 0. The fourth-order valence-corrected chi connectivity index (χ4v) is 5.05. The molecule has 2 fully saturated rings. The van der Waals surface area contributed by atoms with Gasteiger partial charge >= 0.3 is 6.36 Å². The topological polar surface area (TPSA) is 32.8 Å². The smallest absolute Gasteiger partial charge is 0.406 e.